The summed E-state index contributed by atoms with van der Waals surface area (Å²) in [7, 11) is 0. The van der Waals surface area contributed by atoms with Gasteiger partial charge in [0.25, 0.3) is 5.92 Å². The number of halogens is 2. The lowest BCUT2D eigenvalue weighted by Crippen LogP contribution is -2.30. The Balaban J connectivity index is 4.10. The van der Waals surface area contributed by atoms with Crippen LogP contribution in [-0.2, 0) is 4.74 Å². The predicted octanol–water partition coefficient (Wildman–Crippen LogP) is 5.04. The summed E-state index contributed by atoms with van der Waals surface area (Å²) in [6.07, 6.45) is 5.11. The molecule has 0 bridgehead atoms. The molecule has 2 atom stereocenters. The quantitative estimate of drug-likeness (QED) is 0.493. The molecule has 0 spiro atoms. The second kappa shape index (κ2) is 8.84. The zero-order valence-electron chi connectivity index (χ0n) is 11.8. The van der Waals surface area contributed by atoms with Crippen molar-refractivity contribution in [2.75, 3.05) is 6.61 Å². The zero-order chi connectivity index (χ0) is 13.3. The Morgan fingerprint density at radius 1 is 1.12 bits per heavy atom. The van der Waals surface area contributed by atoms with Gasteiger partial charge in [0.05, 0.1) is 6.10 Å². The van der Waals surface area contributed by atoms with Crippen molar-refractivity contribution >= 4 is 0 Å². The summed E-state index contributed by atoms with van der Waals surface area (Å²) in [6, 6.07) is 0. The van der Waals surface area contributed by atoms with E-state index in [9.17, 15) is 8.78 Å². The molecule has 0 saturated heterocycles. The standard InChI is InChI=1S/C14H28F2O/c1-5-8-9-10-13(12(4)6-2)17-11-14(15,16)7-3/h12-13H,5-11H2,1-4H3. The fourth-order valence-corrected chi connectivity index (χ4v) is 1.72. The molecule has 0 radical (unpaired) electrons. The smallest absolute Gasteiger partial charge is 0.270 e. The molecule has 0 aromatic carbocycles. The normalized spacial score (nSPS) is 15.9. The summed E-state index contributed by atoms with van der Waals surface area (Å²) in [5.41, 5.74) is 0. The fraction of sp³-hybridized carbons (Fsp3) is 1.00. The molecule has 0 amide bonds. The molecule has 0 aromatic heterocycles. The maximum absolute atomic E-state index is 13.1. The molecule has 0 heterocycles. The molecular formula is C14H28F2O. The predicted molar refractivity (Wildman–Crippen MR) is 68.6 cm³/mol. The third-order valence-corrected chi connectivity index (χ3v) is 3.40. The van der Waals surface area contributed by atoms with Gasteiger partial charge in [-0.15, -0.1) is 0 Å². The van der Waals surface area contributed by atoms with E-state index in [1.54, 1.807) is 0 Å². The summed E-state index contributed by atoms with van der Waals surface area (Å²) in [5.74, 6) is -2.31. The SMILES string of the molecule is CCCCCC(OCC(F)(F)CC)C(C)CC. The average Bonchev–Trinajstić information content (AvgIpc) is 2.32. The minimum atomic E-state index is -2.67. The van der Waals surface area contributed by atoms with E-state index in [0.29, 0.717) is 5.92 Å². The molecule has 0 aromatic rings. The number of hydrogen-bond donors (Lipinski definition) is 0. The van der Waals surface area contributed by atoms with Crippen LogP contribution in [0.15, 0.2) is 0 Å². The Hall–Kier alpha value is -0.180. The van der Waals surface area contributed by atoms with Crippen LogP contribution in [0.25, 0.3) is 0 Å². The van der Waals surface area contributed by atoms with Crippen LogP contribution < -0.4 is 0 Å². The Morgan fingerprint density at radius 2 is 1.76 bits per heavy atom. The van der Waals surface area contributed by atoms with Gasteiger partial charge in [-0.2, -0.15) is 0 Å². The van der Waals surface area contributed by atoms with E-state index in [4.69, 9.17) is 4.74 Å². The topological polar surface area (TPSA) is 9.23 Å². The molecule has 3 heteroatoms. The highest BCUT2D eigenvalue weighted by Gasteiger charge is 2.29. The lowest BCUT2D eigenvalue weighted by Gasteiger charge is -2.26. The zero-order valence-corrected chi connectivity index (χ0v) is 11.8. The van der Waals surface area contributed by atoms with Crippen molar-refractivity contribution in [1.82, 2.24) is 0 Å². The maximum Gasteiger partial charge on any atom is 0.270 e. The highest BCUT2D eigenvalue weighted by molar-refractivity contribution is 4.69. The summed E-state index contributed by atoms with van der Waals surface area (Å²) in [4.78, 5) is 0. The highest BCUT2D eigenvalue weighted by atomic mass is 19.3. The largest absolute Gasteiger partial charge is 0.372 e. The van der Waals surface area contributed by atoms with Gasteiger partial charge >= 0.3 is 0 Å². The van der Waals surface area contributed by atoms with Crippen LogP contribution in [0, 0.1) is 5.92 Å². The highest BCUT2D eigenvalue weighted by Crippen LogP contribution is 2.23. The average molecular weight is 250 g/mol. The Kier molecular flexibility index (Phi) is 8.75. The van der Waals surface area contributed by atoms with E-state index in [0.717, 1.165) is 32.1 Å². The third-order valence-electron chi connectivity index (χ3n) is 3.40. The molecule has 104 valence electrons. The molecule has 0 aliphatic rings. The van der Waals surface area contributed by atoms with E-state index in [1.165, 1.54) is 6.92 Å². The van der Waals surface area contributed by atoms with Gasteiger partial charge in [0.2, 0.25) is 0 Å². The minimum absolute atomic E-state index is 0.0102. The van der Waals surface area contributed by atoms with Gasteiger partial charge < -0.3 is 4.74 Å². The second-order valence-corrected chi connectivity index (χ2v) is 4.94. The van der Waals surface area contributed by atoms with Gasteiger partial charge in [0, 0.05) is 6.42 Å². The molecule has 0 aliphatic carbocycles. The Labute approximate surface area is 105 Å². The van der Waals surface area contributed by atoms with Crippen molar-refractivity contribution in [2.24, 2.45) is 5.92 Å². The van der Waals surface area contributed by atoms with Crippen molar-refractivity contribution in [3.05, 3.63) is 0 Å². The molecule has 0 fully saturated rings. The van der Waals surface area contributed by atoms with E-state index >= 15 is 0 Å². The number of ether oxygens (including phenoxy) is 1. The number of rotatable bonds is 10. The van der Waals surface area contributed by atoms with Crippen molar-refractivity contribution in [2.45, 2.75) is 78.2 Å². The molecule has 0 rings (SSSR count). The number of alkyl halides is 2. The van der Waals surface area contributed by atoms with Crippen LogP contribution in [0.2, 0.25) is 0 Å². The van der Waals surface area contributed by atoms with Crippen LogP contribution in [0.5, 0.6) is 0 Å². The van der Waals surface area contributed by atoms with Gasteiger partial charge in [-0.05, 0) is 12.3 Å². The van der Waals surface area contributed by atoms with Crippen LogP contribution in [0.4, 0.5) is 8.78 Å². The van der Waals surface area contributed by atoms with E-state index in [1.807, 2.05) is 0 Å². The van der Waals surface area contributed by atoms with Crippen LogP contribution in [0.3, 0.4) is 0 Å². The molecule has 0 N–H and O–H groups in total. The molecule has 2 unspecified atom stereocenters. The first kappa shape index (κ1) is 16.8. The fourth-order valence-electron chi connectivity index (χ4n) is 1.72. The molecule has 0 saturated carbocycles. The maximum atomic E-state index is 13.1. The molecule has 17 heavy (non-hydrogen) atoms. The summed E-state index contributed by atoms with van der Waals surface area (Å²) in [5, 5.41) is 0. The minimum Gasteiger partial charge on any atom is -0.372 e. The molecule has 1 nitrogen and oxygen atoms in total. The summed E-state index contributed by atoms with van der Waals surface area (Å²) < 4.78 is 31.7. The van der Waals surface area contributed by atoms with E-state index < -0.39 is 12.5 Å². The van der Waals surface area contributed by atoms with Gasteiger partial charge in [0.1, 0.15) is 6.61 Å². The third kappa shape index (κ3) is 7.69. The van der Waals surface area contributed by atoms with Crippen LogP contribution in [-0.4, -0.2) is 18.6 Å². The van der Waals surface area contributed by atoms with Gasteiger partial charge in [-0.3, -0.25) is 0 Å². The van der Waals surface area contributed by atoms with Crippen molar-refractivity contribution in [1.29, 1.82) is 0 Å². The number of unbranched alkanes of at least 4 members (excludes halogenated alkanes) is 2. The van der Waals surface area contributed by atoms with E-state index in [2.05, 4.69) is 20.8 Å². The van der Waals surface area contributed by atoms with Gasteiger partial charge in [-0.25, -0.2) is 8.78 Å². The Bertz CT molecular complexity index is 183. The lowest BCUT2D eigenvalue weighted by atomic mass is 9.96. The van der Waals surface area contributed by atoms with Crippen LogP contribution >= 0.6 is 0 Å². The van der Waals surface area contributed by atoms with Gasteiger partial charge in [0.15, 0.2) is 0 Å². The molecule has 0 aliphatic heterocycles. The first-order chi connectivity index (χ1) is 7.96. The monoisotopic (exact) mass is 250 g/mol. The van der Waals surface area contributed by atoms with Crippen molar-refractivity contribution in [3.63, 3.8) is 0 Å². The lowest BCUT2D eigenvalue weighted by molar-refractivity contribution is -0.113. The second-order valence-electron chi connectivity index (χ2n) is 4.94. The number of hydrogen-bond acceptors (Lipinski definition) is 1. The summed E-state index contributed by atoms with van der Waals surface area (Å²) >= 11 is 0. The van der Waals surface area contributed by atoms with Crippen molar-refractivity contribution < 1.29 is 13.5 Å². The molecular weight excluding hydrogens is 222 g/mol. The van der Waals surface area contributed by atoms with Crippen molar-refractivity contribution in [3.8, 4) is 0 Å². The first-order valence-corrected chi connectivity index (χ1v) is 6.96. The van der Waals surface area contributed by atoms with Gasteiger partial charge in [-0.1, -0.05) is 53.4 Å². The summed E-state index contributed by atoms with van der Waals surface area (Å²) in [6.45, 7) is 7.38. The Morgan fingerprint density at radius 3 is 2.24 bits per heavy atom. The van der Waals surface area contributed by atoms with E-state index in [-0.39, 0.29) is 12.5 Å². The first-order valence-electron chi connectivity index (χ1n) is 6.96. The van der Waals surface area contributed by atoms with Crippen LogP contribution in [0.1, 0.15) is 66.2 Å².